The Morgan fingerprint density at radius 1 is 1.00 bits per heavy atom. The molecular formula is C8H13Sc-. The van der Waals surface area contributed by atoms with Crippen molar-refractivity contribution in [2.24, 2.45) is 11.8 Å². The molecule has 1 radical (unpaired) electrons. The number of rotatable bonds is 0. The second-order valence-corrected chi connectivity index (χ2v) is 3.25. The van der Waals surface area contributed by atoms with E-state index in [1.54, 1.807) is 0 Å². The van der Waals surface area contributed by atoms with E-state index in [-0.39, 0.29) is 25.8 Å². The first-order chi connectivity index (χ1) is 3.95. The van der Waals surface area contributed by atoms with E-state index in [0.29, 0.717) is 0 Å². The third kappa shape index (κ3) is 1.66. The van der Waals surface area contributed by atoms with Crippen LogP contribution in [0.3, 0.4) is 0 Å². The normalized spacial score (nSPS) is 40.0. The summed E-state index contributed by atoms with van der Waals surface area (Å²) in [4.78, 5) is 0. The molecule has 0 nitrogen and oxygen atoms in total. The molecule has 0 unspecified atom stereocenters. The van der Waals surface area contributed by atoms with Gasteiger partial charge in [0.15, 0.2) is 0 Å². The van der Waals surface area contributed by atoms with E-state index < -0.39 is 0 Å². The number of hydrogen-bond donors (Lipinski definition) is 0. The van der Waals surface area contributed by atoms with Crippen LogP contribution in [0.5, 0.6) is 0 Å². The van der Waals surface area contributed by atoms with Crippen molar-refractivity contribution in [1.82, 2.24) is 0 Å². The average Bonchev–Trinajstić information content (AvgIpc) is 1.92. The maximum Gasteiger partial charge on any atom is 0 e. The predicted molar refractivity (Wildman–Crippen MR) is 34.4 cm³/mol. The van der Waals surface area contributed by atoms with Crippen LogP contribution in [0.1, 0.15) is 32.1 Å². The first-order valence-electron chi connectivity index (χ1n) is 3.78. The summed E-state index contributed by atoms with van der Waals surface area (Å²) in [6.45, 7) is 0. The molecule has 1 heteroatoms. The van der Waals surface area contributed by atoms with Crippen molar-refractivity contribution < 1.29 is 25.8 Å². The zero-order valence-electron chi connectivity index (χ0n) is 5.84. The zero-order valence-corrected chi connectivity index (χ0v) is 7.65. The summed E-state index contributed by atoms with van der Waals surface area (Å²) in [5.41, 5.74) is 0. The van der Waals surface area contributed by atoms with Gasteiger partial charge in [-0.05, 0) is 0 Å². The van der Waals surface area contributed by atoms with Gasteiger partial charge < -0.3 is 6.42 Å². The van der Waals surface area contributed by atoms with Crippen LogP contribution in [0.15, 0.2) is 0 Å². The van der Waals surface area contributed by atoms with Gasteiger partial charge in [0.25, 0.3) is 0 Å². The average molecular weight is 154 g/mol. The molecule has 2 bridgehead atoms. The zero-order chi connectivity index (χ0) is 5.40. The summed E-state index contributed by atoms with van der Waals surface area (Å²) >= 11 is 0. The molecule has 3 fully saturated rings. The van der Waals surface area contributed by atoms with E-state index in [4.69, 9.17) is 0 Å². The van der Waals surface area contributed by atoms with Crippen molar-refractivity contribution in [3.05, 3.63) is 6.42 Å². The third-order valence-corrected chi connectivity index (χ3v) is 2.69. The van der Waals surface area contributed by atoms with Gasteiger partial charge in [0.05, 0.1) is 0 Å². The maximum atomic E-state index is 2.54. The third-order valence-electron chi connectivity index (χ3n) is 2.69. The maximum absolute atomic E-state index is 2.54. The van der Waals surface area contributed by atoms with E-state index in [1.807, 2.05) is 0 Å². The molecule has 0 spiro atoms. The second kappa shape index (κ2) is 3.32. The molecular weight excluding hydrogens is 141 g/mol. The first kappa shape index (κ1) is 7.97. The summed E-state index contributed by atoms with van der Waals surface area (Å²) < 4.78 is 0. The van der Waals surface area contributed by atoms with E-state index >= 15 is 0 Å². The van der Waals surface area contributed by atoms with Gasteiger partial charge in [-0.3, -0.25) is 0 Å². The molecule has 0 aliphatic heterocycles. The minimum Gasteiger partial charge on any atom is -0.325 e. The van der Waals surface area contributed by atoms with Crippen LogP contribution in [-0.4, -0.2) is 0 Å². The first-order valence-corrected chi connectivity index (χ1v) is 3.78. The largest absolute Gasteiger partial charge is 0.325 e. The van der Waals surface area contributed by atoms with Crippen LogP contribution >= 0.6 is 0 Å². The summed E-state index contributed by atoms with van der Waals surface area (Å²) in [7, 11) is 0. The minimum absolute atomic E-state index is 0. The fraction of sp³-hybridized carbons (Fsp3) is 0.875. The van der Waals surface area contributed by atoms with Crippen molar-refractivity contribution in [3.63, 3.8) is 0 Å². The van der Waals surface area contributed by atoms with Gasteiger partial charge in [-0.2, -0.15) is 12.3 Å². The number of fused-ring (bicyclic) bond motifs is 3. The molecule has 0 aromatic rings. The minimum atomic E-state index is 0. The van der Waals surface area contributed by atoms with Gasteiger partial charge in [0.1, 0.15) is 0 Å². The topological polar surface area (TPSA) is 0 Å². The van der Waals surface area contributed by atoms with E-state index in [1.165, 1.54) is 32.1 Å². The standard InChI is InChI=1S/C8H13.Sc/c1-2-8-5-3-7(1)4-6-8;/h1,7-8H,2-6H2;/q-1;. The summed E-state index contributed by atoms with van der Waals surface area (Å²) in [5.74, 6) is 2.12. The van der Waals surface area contributed by atoms with E-state index in [0.717, 1.165) is 11.8 Å². The van der Waals surface area contributed by atoms with Crippen LogP contribution in [0, 0.1) is 18.3 Å². The van der Waals surface area contributed by atoms with Crippen molar-refractivity contribution in [3.8, 4) is 0 Å². The Bertz CT molecular complexity index is 59.5. The van der Waals surface area contributed by atoms with Gasteiger partial charge >= 0.3 is 0 Å². The van der Waals surface area contributed by atoms with Gasteiger partial charge in [-0.15, -0.1) is 0 Å². The van der Waals surface area contributed by atoms with Crippen LogP contribution < -0.4 is 0 Å². The summed E-state index contributed by atoms with van der Waals surface area (Å²) in [6.07, 6.45) is 10.0. The smallest absolute Gasteiger partial charge is 0 e. The van der Waals surface area contributed by atoms with Crippen LogP contribution in [-0.2, 0) is 25.8 Å². The summed E-state index contributed by atoms with van der Waals surface area (Å²) in [5, 5.41) is 0. The Balaban J connectivity index is 0.000000405. The molecule has 3 aliphatic carbocycles. The van der Waals surface area contributed by atoms with Crippen LogP contribution in [0.25, 0.3) is 0 Å². The van der Waals surface area contributed by atoms with E-state index in [2.05, 4.69) is 6.42 Å². The van der Waals surface area contributed by atoms with Gasteiger partial charge in [-0.1, -0.05) is 31.6 Å². The van der Waals surface area contributed by atoms with Gasteiger partial charge in [-0.25, -0.2) is 0 Å². The molecule has 49 valence electrons. The monoisotopic (exact) mass is 154 g/mol. The van der Waals surface area contributed by atoms with Gasteiger partial charge in [0, 0.05) is 25.8 Å². The van der Waals surface area contributed by atoms with Crippen LogP contribution in [0.4, 0.5) is 0 Å². The Labute approximate surface area is 76.2 Å². The quantitative estimate of drug-likeness (QED) is 0.470. The SMILES string of the molecule is [CH-]1CC2CCC1CC2.[Sc]. The Hall–Kier alpha value is 0.870. The van der Waals surface area contributed by atoms with Crippen LogP contribution in [0.2, 0.25) is 0 Å². The van der Waals surface area contributed by atoms with Crippen molar-refractivity contribution in [1.29, 1.82) is 0 Å². The molecule has 0 saturated heterocycles. The molecule has 0 heterocycles. The predicted octanol–water partition coefficient (Wildman–Crippen LogP) is 2.40. The molecule has 0 atom stereocenters. The molecule has 0 aromatic heterocycles. The molecule has 3 rings (SSSR count). The van der Waals surface area contributed by atoms with Crippen molar-refractivity contribution in [2.45, 2.75) is 32.1 Å². The Morgan fingerprint density at radius 3 is 1.78 bits per heavy atom. The van der Waals surface area contributed by atoms with E-state index in [9.17, 15) is 0 Å². The second-order valence-electron chi connectivity index (χ2n) is 3.25. The molecule has 9 heavy (non-hydrogen) atoms. The molecule has 3 saturated carbocycles. The molecule has 0 N–H and O–H groups in total. The van der Waals surface area contributed by atoms with Crippen molar-refractivity contribution >= 4 is 0 Å². The fourth-order valence-electron chi connectivity index (χ4n) is 2.04. The molecule has 0 aromatic carbocycles. The Morgan fingerprint density at radius 2 is 1.67 bits per heavy atom. The Kier molecular flexibility index (Phi) is 2.94. The van der Waals surface area contributed by atoms with Gasteiger partial charge in [0.2, 0.25) is 0 Å². The van der Waals surface area contributed by atoms with Crippen molar-refractivity contribution in [2.75, 3.05) is 0 Å². The number of hydrogen-bond acceptors (Lipinski definition) is 0. The summed E-state index contributed by atoms with van der Waals surface area (Å²) in [6, 6.07) is 0. The fourth-order valence-corrected chi connectivity index (χ4v) is 2.04. The molecule has 3 aliphatic rings. The molecule has 0 amide bonds.